The van der Waals surface area contributed by atoms with Crippen LogP contribution in [0.25, 0.3) is 0 Å². The summed E-state index contributed by atoms with van der Waals surface area (Å²) in [7, 11) is 1.91. The van der Waals surface area contributed by atoms with Crippen molar-refractivity contribution < 1.29 is 14.3 Å². The van der Waals surface area contributed by atoms with Crippen LogP contribution in [0.1, 0.15) is 19.8 Å². The minimum atomic E-state index is -1.02. The molecule has 0 aromatic rings. The third kappa shape index (κ3) is 2.32. The molecule has 1 aliphatic heterocycles. The van der Waals surface area contributed by atoms with Gasteiger partial charge in [-0.05, 0) is 20.4 Å². The van der Waals surface area contributed by atoms with Crippen molar-refractivity contribution in [2.24, 2.45) is 5.41 Å². The Morgan fingerprint density at radius 3 is 2.94 bits per heavy atom. The molecule has 4 heteroatoms. The quantitative estimate of drug-likeness (QED) is 0.407. The van der Waals surface area contributed by atoms with E-state index < -0.39 is 11.4 Å². The number of piperidine rings is 1. The van der Waals surface area contributed by atoms with Crippen molar-refractivity contribution in [1.82, 2.24) is 4.90 Å². The standard InChI is InChI=1S/C12H19NO3/c1-4-7-12(11(15)16-5-2)9-13(3)8-6-10(12)14/h4H,1,5-9H2,2-3H3. The largest absolute Gasteiger partial charge is 0.465 e. The van der Waals surface area contributed by atoms with Gasteiger partial charge in [0, 0.05) is 19.5 Å². The van der Waals surface area contributed by atoms with E-state index in [1.807, 2.05) is 11.9 Å². The van der Waals surface area contributed by atoms with Crippen LogP contribution in [-0.2, 0) is 14.3 Å². The number of ether oxygens (including phenoxy) is 1. The highest BCUT2D eigenvalue weighted by atomic mass is 16.5. The smallest absolute Gasteiger partial charge is 0.321 e. The molecule has 1 saturated heterocycles. The molecule has 1 aliphatic rings. The normalized spacial score (nSPS) is 26.5. The van der Waals surface area contributed by atoms with Gasteiger partial charge in [0.2, 0.25) is 0 Å². The summed E-state index contributed by atoms with van der Waals surface area (Å²) in [6.45, 7) is 6.80. The Balaban J connectivity index is 2.96. The van der Waals surface area contributed by atoms with Crippen LogP contribution in [0, 0.1) is 5.41 Å². The van der Waals surface area contributed by atoms with Crippen LogP contribution in [0.3, 0.4) is 0 Å². The first kappa shape index (κ1) is 12.9. The van der Waals surface area contributed by atoms with E-state index in [0.717, 1.165) is 0 Å². The number of nitrogens with zero attached hydrogens (tertiary/aromatic N) is 1. The molecule has 1 rings (SSSR count). The summed E-state index contributed by atoms with van der Waals surface area (Å²) in [5, 5.41) is 0. The predicted octanol–water partition coefficient (Wildman–Crippen LogP) is 1.02. The van der Waals surface area contributed by atoms with Crippen molar-refractivity contribution in [3.8, 4) is 0 Å². The zero-order valence-electron chi connectivity index (χ0n) is 9.99. The second kappa shape index (κ2) is 5.25. The van der Waals surface area contributed by atoms with Gasteiger partial charge in [-0.2, -0.15) is 0 Å². The molecule has 1 unspecified atom stereocenters. The van der Waals surface area contributed by atoms with E-state index in [4.69, 9.17) is 4.74 Å². The van der Waals surface area contributed by atoms with E-state index in [9.17, 15) is 9.59 Å². The third-order valence-corrected chi connectivity index (χ3v) is 2.95. The fraction of sp³-hybridized carbons (Fsp3) is 0.667. The number of carbonyl (C=O) groups excluding carboxylic acids is 2. The third-order valence-electron chi connectivity index (χ3n) is 2.95. The predicted molar refractivity (Wildman–Crippen MR) is 61.0 cm³/mol. The van der Waals surface area contributed by atoms with E-state index >= 15 is 0 Å². The molecular weight excluding hydrogens is 206 g/mol. The number of rotatable bonds is 4. The summed E-state index contributed by atoms with van der Waals surface area (Å²) in [5.41, 5.74) is -1.02. The Labute approximate surface area is 96.3 Å². The molecule has 0 radical (unpaired) electrons. The molecule has 0 N–H and O–H groups in total. The van der Waals surface area contributed by atoms with Gasteiger partial charge in [-0.15, -0.1) is 6.58 Å². The molecule has 4 nitrogen and oxygen atoms in total. The molecule has 1 heterocycles. The molecule has 1 atom stereocenters. The molecular formula is C12H19NO3. The van der Waals surface area contributed by atoms with Gasteiger partial charge in [0.05, 0.1) is 6.61 Å². The van der Waals surface area contributed by atoms with Crippen LogP contribution >= 0.6 is 0 Å². The number of ketones is 1. The lowest BCUT2D eigenvalue weighted by molar-refractivity contribution is -0.163. The Kier molecular flexibility index (Phi) is 4.24. The molecule has 0 saturated carbocycles. The first-order valence-electron chi connectivity index (χ1n) is 5.56. The Bertz CT molecular complexity index is 301. The second-order valence-electron chi connectivity index (χ2n) is 4.21. The molecule has 1 fully saturated rings. The number of carbonyl (C=O) groups is 2. The molecule has 0 aromatic carbocycles. The van der Waals surface area contributed by atoms with Gasteiger partial charge in [0.15, 0.2) is 5.78 Å². The van der Waals surface area contributed by atoms with Gasteiger partial charge < -0.3 is 9.64 Å². The number of likely N-dealkylation sites (tertiary alicyclic amines) is 1. The zero-order chi connectivity index (χ0) is 12.2. The van der Waals surface area contributed by atoms with Gasteiger partial charge in [0.25, 0.3) is 0 Å². The van der Waals surface area contributed by atoms with Gasteiger partial charge in [-0.3, -0.25) is 9.59 Å². The average molecular weight is 225 g/mol. The SMILES string of the molecule is C=CCC1(C(=O)OCC)CN(C)CCC1=O. The average Bonchev–Trinajstić information content (AvgIpc) is 2.24. The molecule has 0 bridgehead atoms. The first-order valence-corrected chi connectivity index (χ1v) is 5.56. The number of hydrogen-bond donors (Lipinski definition) is 0. The van der Waals surface area contributed by atoms with E-state index in [2.05, 4.69) is 6.58 Å². The van der Waals surface area contributed by atoms with Crippen molar-refractivity contribution >= 4 is 11.8 Å². The summed E-state index contributed by atoms with van der Waals surface area (Å²) >= 11 is 0. The zero-order valence-corrected chi connectivity index (χ0v) is 9.99. The van der Waals surface area contributed by atoms with Gasteiger partial charge >= 0.3 is 5.97 Å². The fourth-order valence-corrected chi connectivity index (χ4v) is 2.12. The molecule has 0 spiro atoms. The summed E-state index contributed by atoms with van der Waals surface area (Å²) < 4.78 is 5.02. The van der Waals surface area contributed by atoms with Gasteiger partial charge in [-0.1, -0.05) is 6.08 Å². The molecule has 16 heavy (non-hydrogen) atoms. The highest BCUT2D eigenvalue weighted by Crippen LogP contribution is 2.31. The topological polar surface area (TPSA) is 46.6 Å². The summed E-state index contributed by atoms with van der Waals surface area (Å²) in [6, 6.07) is 0. The maximum atomic E-state index is 12.0. The minimum Gasteiger partial charge on any atom is -0.465 e. The van der Waals surface area contributed by atoms with Crippen LogP contribution in [0.15, 0.2) is 12.7 Å². The second-order valence-corrected chi connectivity index (χ2v) is 4.21. The van der Waals surface area contributed by atoms with Crippen molar-refractivity contribution in [1.29, 1.82) is 0 Å². The lowest BCUT2D eigenvalue weighted by Crippen LogP contribution is -2.53. The molecule has 0 amide bonds. The molecule has 90 valence electrons. The maximum Gasteiger partial charge on any atom is 0.321 e. The fourth-order valence-electron chi connectivity index (χ4n) is 2.12. The van der Waals surface area contributed by atoms with Crippen LogP contribution in [0.5, 0.6) is 0 Å². The van der Waals surface area contributed by atoms with Crippen LogP contribution < -0.4 is 0 Å². The van der Waals surface area contributed by atoms with E-state index in [0.29, 0.717) is 32.5 Å². The maximum absolute atomic E-state index is 12.0. The minimum absolute atomic E-state index is 0.0241. The number of allylic oxidation sites excluding steroid dienone is 1. The van der Waals surface area contributed by atoms with Crippen molar-refractivity contribution in [2.75, 3.05) is 26.7 Å². The number of hydrogen-bond acceptors (Lipinski definition) is 4. The monoisotopic (exact) mass is 225 g/mol. The van der Waals surface area contributed by atoms with Gasteiger partial charge in [-0.25, -0.2) is 0 Å². The van der Waals surface area contributed by atoms with Crippen molar-refractivity contribution in [3.63, 3.8) is 0 Å². The van der Waals surface area contributed by atoms with Crippen LogP contribution in [-0.4, -0.2) is 43.4 Å². The van der Waals surface area contributed by atoms with Crippen LogP contribution in [0.2, 0.25) is 0 Å². The van der Waals surface area contributed by atoms with Gasteiger partial charge in [0.1, 0.15) is 5.41 Å². The molecule has 0 aliphatic carbocycles. The first-order chi connectivity index (χ1) is 7.56. The molecule has 0 aromatic heterocycles. The van der Waals surface area contributed by atoms with Crippen molar-refractivity contribution in [3.05, 3.63) is 12.7 Å². The highest BCUT2D eigenvalue weighted by molar-refractivity contribution is 6.04. The Hall–Kier alpha value is -1.16. The van der Waals surface area contributed by atoms with E-state index in [-0.39, 0.29) is 5.78 Å². The number of esters is 1. The lowest BCUT2D eigenvalue weighted by atomic mass is 9.76. The lowest BCUT2D eigenvalue weighted by Gasteiger charge is -2.37. The highest BCUT2D eigenvalue weighted by Gasteiger charge is 2.48. The summed E-state index contributed by atoms with van der Waals surface area (Å²) in [5.74, 6) is -0.435. The van der Waals surface area contributed by atoms with E-state index in [1.54, 1.807) is 13.0 Å². The van der Waals surface area contributed by atoms with Crippen LogP contribution in [0.4, 0.5) is 0 Å². The summed E-state index contributed by atoms with van der Waals surface area (Å²) in [4.78, 5) is 25.9. The van der Waals surface area contributed by atoms with E-state index in [1.165, 1.54) is 0 Å². The summed E-state index contributed by atoms with van der Waals surface area (Å²) in [6.07, 6.45) is 2.38. The number of Topliss-reactive ketones (excluding diaryl/α,β-unsaturated/α-hetero) is 1. The van der Waals surface area contributed by atoms with Crippen molar-refractivity contribution in [2.45, 2.75) is 19.8 Å². The Morgan fingerprint density at radius 2 is 2.38 bits per heavy atom. The Morgan fingerprint density at radius 1 is 1.69 bits per heavy atom.